The summed E-state index contributed by atoms with van der Waals surface area (Å²) < 4.78 is 54.6. The van der Waals surface area contributed by atoms with E-state index in [0.717, 1.165) is 9.98 Å². The van der Waals surface area contributed by atoms with Gasteiger partial charge in [-0.25, -0.2) is 8.42 Å². The number of benzene rings is 3. The molecule has 4 rings (SSSR count). The van der Waals surface area contributed by atoms with Crippen molar-refractivity contribution in [3.05, 3.63) is 95.0 Å². The summed E-state index contributed by atoms with van der Waals surface area (Å²) >= 11 is 6.04. The standard InChI is InChI=1S/C23H22ClN3O4S2/c1-2-32(28,29)26-20-12-6-10-18(14-20)22-16-23(17-8-4-3-5-9-17)27(25-22)33(30,31)21-13-7-11-19(24)15-21/h3-15,23,26H,2,16H2,1H3/t23-/m0/s1. The molecule has 0 saturated carbocycles. The van der Waals surface area contributed by atoms with Crippen molar-refractivity contribution in [1.29, 1.82) is 0 Å². The Bertz CT molecular complexity index is 1410. The Hall–Kier alpha value is -2.88. The molecule has 0 aromatic heterocycles. The van der Waals surface area contributed by atoms with Crippen LogP contribution in [0.15, 0.2) is 88.9 Å². The molecule has 0 saturated heterocycles. The lowest BCUT2D eigenvalue weighted by Crippen LogP contribution is -2.27. The Kier molecular flexibility index (Phi) is 6.47. The summed E-state index contributed by atoms with van der Waals surface area (Å²) in [6.45, 7) is 1.55. The van der Waals surface area contributed by atoms with Gasteiger partial charge >= 0.3 is 0 Å². The molecular weight excluding hydrogens is 482 g/mol. The third-order valence-corrected chi connectivity index (χ3v) is 8.47. The van der Waals surface area contributed by atoms with Crippen molar-refractivity contribution in [2.45, 2.75) is 24.3 Å². The third kappa shape index (κ3) is 5.05. The second-order valence-electron chi connectivity index (χ2n) is 7.50. The van der Waals surface area contributed by atoms with Gasteiger partial charge in [0.05, 0.1) is 22.4 Å². The smallest absolute Gasteiger partial charge is 0.279 e. The Morgan fingerprint density at radius 1 is 0.970 bits per heavy atom. The second-order valence-corrected chi connectivity index (χ2v) is 11.7. The van der Waals surface area contributed by atoms with Crippen LogP contribution in [0.1, 0.15) is 30.5 Å². The zero-order valence-corrected chi connectivity index (χ0v) is 20.1. The van der Waals surface area contributed by atoms with Gasteiger partial charge in [-0.2, -0.15) is 17.9 Å². The van der Waals surface area contributed by atoms with Gasteiger partial charge in [0.2, 0.25) is 10.0 Å². The number of hydrogen-bond acceptors (Lipinski definition) is 5. The van der Waals surface area contributed by atoms with E-state index in [0.29, 0.717) is 28.4 Å². The summed E-state index contributed by atoms with van der Waals surface area (Å²) in [7, 11) is -7.44. The van der Waals surface area contributed by atoms with Crippen LogP contribution in [0.3, 0.4) is 0 Å². The normalized spacial score (nSPS) is 16.5. The molecule has 3 aromatic rings. The van der Waals surface area contributed by atoms with E-state index in [4.69, 9.17) is 11.6 Å². The molecule has 7 nitrogen and oxygen atoms in total. The average molecular weight is 504 g/mol. The van der Waals surface area contributed by atoms with E-state index in [9.17, 15) is 16.8 Å². The molecule has 0 amide bonds. The van der Waals surface area contributed by atoms with Crippen LogP contribution in [-0.4, -0.2) is 32.7 Å². The highest BCUT2D eigenvalue weighted by molar-refractivity contribution is 7.92. The molecule has 0 bridgehead atoms. The van der Waals surface area contributed by atoms with E-state index >= 15 is 0 Å². The largest absolute Gasteiger partial charge is 0.284 e. The molecule has 3 aromatic carbocycles. The molecular formula is C23H22ClN3O4S2. The van der Waals surface area contributed by atoms with Gasteiger partial charge in [0.1, 0.15) is 0 Å². The summed E-state index contributed by atoms with van der Waals surface area (Å²) in [6, 6.07) is 21.6. The first kappa shape index (κ1) is 23.3. The highest BCUT2D eigenvalue weighted by Crippen LogP contribution is 2.37. The summed E-state index contributed by atoms with van der Waals surface area (Å²) in [5.41, 5.74) is 2.36. The fraction of sp³-hybridized carbons (Fsp3) is 0.174. The van der Waals surface area contributed by atoms with Gasteiger partial charge in [0.25, 0.3) is 10.0 Å². The summed E-state index contributed by atoms with van der Waals surface area (Å²) in [5.74, 6) is -0.0556. The van der Waals surface area contributed by atoms with Crippen LogP contribution in [0.2, 0.25) is 5.02 Å². The van der Waals surface area contributed by atoms with Gasteiger partial charge in [-0.1, -0.05) is 60.1 Å². The maximum Gasteiger partial charge on any atom is 0.279 e. The number of hydrogen-bond donors (Lipinski definition) is 1. The third-order valence-electron chi connectivity index (χ3n) is 5.25. The monoisotopic (exact) mass is 503 g/mol. The van der Waals surface area contributed by atoms with Crippen LogP contribution in [0.4, 0.5) is 5.69 Å². The first-order chi connectivity index (χ1) is 15.7. The van der Waals surface area contributed by atoms with Crippen LogP contribution in [-0.2, 0) is 20.0 Å². The van der Waals surface area contributed by atoms with E-state index in [-0.39, 0.29) is 10.6 Å². The molecule has 0 aliphatic carbocycles. The minimum absolute atomic E-state index is 0.0467. The van der Waals surface area contributed by atoms with Crippen molar-refractivity contribution in [2.75, 3.05) is 10.5 Å². The maximum absolute atomic E-state index is 13.5. The minimum atomic E-state index is -3.99. The molecule has 172 valence electrons. The Morgan fingerprint density at radius 2 is 1.70 bits per heavy atom. The van der Waals surface area contributed by atoms with Gasteiger partial charge in [0, 0.05) is 17.1 Å². The number of nitrogens with zero attached hydrogens (tertiary/aromatic N) is 2. The first-order valence-electron chi connectivity index (χ1n) is 10.2. The van der Waals surface area contributed by atoms with Gasteiger partial charge in [-0.05, 0) is 48.4 Å². The quantitative estimate of drug-likeness (QED) is 0.508. The SMILES string of the molecule is CCS(=O)(=O)Nc1cccc(C2=NN(S(=O)(=O)c3cccc(Cl)c3)[C@H](c3ccccc3)C2)c1. The molecule has 0 radical (unpaired) electrons. The first-order valence-corrected chi connectivity index (χ1v) is 13.7. The van der Waals surface area contributed by atoms with Crippen LogP contribution in [0.25, 0.3) is 0 Å². The molecule has 33 heavy (non-hydrogen) atoms. The van der Waals surface area contributed by atoms with Crippen molar-refractivity contribution in [1.82, 2.24) is 4.41 Å². The Balaban J connectivity index is 1.77. The lowest BCUT2D eigenvalue weighted by Gasteiger charge is -2.23. The summed E-state index contributed by atoms with van der Waals surface area (Å²) in [4.78, 5) is 0.0467. The predicted octanol–water partition coefficient (Wildman–Crippen LogP) is 4.64. The molecule has 10 heteroatoms. The Morgan fingerprint density at radius 3 is 2.39 bits per heavy atom. The van der Waals surface area contributed by atoms with Crippen molar-refractivity contribution in [3.63, 3.8) is 0 Å². The zero-order valence-electron chi connectivity index (χ0n) is 17.7. The molecule has 1 aliphatic rings. The highest BCUT2D eigenvalue weighted by atomic mass is 35.5. The topological polar surface area (TPSA) is 95.9 Å². The Labute approximate surface area is 198 Å². The van der Waals surface area contributed by atoms with Crippen molar-refractivity contribution in [3.8, 4) is 0 Å². The van der Waals surface area contributed by atoms with Gasteiger partial charge in [-0.15, -0.1) is 0 Å². The number of anilines is 1. The molecule has 1 atom stereocenters. The van der Waals surface area contributed by atoms with E-state index in [1.54, 1.807) is 43.3 Å². The number of nitrogens with one attached hydrogen (secondary N) is 1. The van der Waals surface area contributed by atoms with Crippen LogP contribution in [0, 0.1) is 0 Å². The average Bonchev–Trinajstić information content (AvgIpc) is 3.26. The lowest BCUT2D eigenvalue weighted by atomic mass is 9.99. The predicted molar refractivity (Wildman–Crippen MR) is 130 cm³/mol. The molecule has 1 aliphatic heterocycles. The molecule has 0 fully saturated rings. The number of rotatable bonds is 7. The maximum atomic E-state index is 13.5. The molecule has 1 N–H and O–H groups in total. The van der Waals surface area contributed by atoms with Crippen molar-refractivity contribution >= 4 is 43.0 Å². The molecule has 0 spiro atoms. The molecule has 0 unspecified atom stereocenters. The highest BCUT2D eigenvalue weighted by Gasteiger charge is 2.37. The summed E-state index contributed by atoms with van der Waals surface area (Å²) in [5, 5.41) is 4.81. The number of hydrazone groups is 1. The van der Waals surface area contributed by atoms with Gasteiger partial charge in [-0.3, -0.25) is 4.72 Å². The van der Waals surface area contributed by atoms with E-state index in [1.165, 1.54) is 12.1 Å². The fourth-order valence-electron chi connectivity index (χ4n) is 3.56. The van der Waals surface area contributed by atoms with Crippen LogP contribution < -0.4 is 4.72 Å². The van der Waals surface area contributed by atoms with E-state index < -0.39 is 26.1 Å². The van der Waals surface area contributed by atoms with Crippen molar-refractivity contribution in [2.24, 2.45) is 5.10 Å². The number of halogens is 1. The zero-order chi connectivity index (χ0) is 23.6. The van der Waals surface area contributed by atoms with Crippen LogP contribution >= 0.6 is 11.6 Å². The van der Waals surface area contributed by atoms with Crippen LogP contribution in [0.5, 0.6) is 0 Å². The lowest BCUT2D eigenvalue weighted by molar-refractivity contribution is 0.371. The fourth-order valence-corrected chi connectivity index (χ4v) is 5.92. The number of sulfonamides is 2. The van der Waals surface area contributed by atoms with Gasteiger partial charge < -0.3 is 0 Å². The van der Waals surface area contributed by atoms with E-state index in [2.05, 4.69) is 9.82 Å². The second kappa shape index (κ2) is 9.17. The molecule has 1 heterocycles. The van der Waals surface area contributed by atoms with E-state index in [1.807, 2.05) is 30.3 Å². The van der Waals surface area contributed by atoms with Gasteiger partial charge in [0.15, 0.2) is 0 Å². The summed E-state index contributed by atoms with van der Waals surface area (Å²) in [6.07, 6.45) is 0.327. The minimum Gasteiger partial charge on any atom is -0.284 e. The van der Waals surface area contributed by atoms with Crippen molar-refractivity contribution < 1.29 is 16.8 Å².